The van der Waals surface area contributed by atoms with Gasteiger partial charge < -0.3 is 0 Å². The van der Waals surface area contributed by atoms with Crippen LogP contribution in [0.3, 0.4) is 0 Å². The first-order valence-corrected chi connectivity index (χ1v) is 8.47. The van der Waals surface area contributed by atoms with Crippen molar-refractivity contribution < 1.29 is 19.4 Å². The molecule has 0 atom stereocenters. The van der Waals surface area contributed by atoms with Crippen LogP contribution >= 0.6 is 11.6 Å². The highest BCUT2D eigenvalue weighted by Crippen LogP contribution is 2.40. The van der Waals surface area contributed by atoms with E-state index in [1.807, 2.05) is 0 Å². The number of benzene rings is 3. The van der Waals surface area contributed by atoms with Gasteiger partial charge in [0.15, 0.2) is 0 Å². The first-order valence-electron chi connectivity index (χ1n) is 8.09. The molecular formula is C18H9ClN4O6. The van der Waals surface area contributed by atoms with Gasteiger partial charge in [-0.1, -0.05) is 11.6 Å². The molecule has 0 fully saturated rings. The second-order valence-electron chi connectivity index (χ2n) is 6.09. The molecule has 0 saturated carbocycles. The van der Waals surface area contributed by atoms with Crippen LogP contribution in [0.4, 0.5) is 17.1 Å². The number of amides is 2. The maximum Gasteiger partial charge on any atom is 0.284 e. The maximum absolute atomic E-state index is 12.9. The Morgan fingerprint density at radius 1 is 0.759 bits per heavy atom. The van der Waals surface area contributed by atoms with E-state index in [1.165, 1.54) is 12.1 Å². The van der Waals surface area contributed by atoms with Crippen molar-refractivity contribution >= 4 is 51.2 Å². The Morgan fingerprint density at radius 3 is 1.69 bits per heavy atom. The lowest BCUT2D eigenvalue weighted by Gasteiger charge is -2.27. The fourth-order valence-electron chi connectivity index (χ4n) is 3.21. The molecule has 0 aromatic heterocycles. The van der Waals surface area contributed by atoms with Crippen LogP contribution in [0.25, 0.3) is 10.8 Å². The molecule has 2 amide bonds. The number of nitrogens with zero attached hydrogens (tertiary/aromatic N) is 3. The van der Waals surface area contributed by atoms with E-state index < -0.39 is 33.0 Å². The standard InChI is InChI=1S/C18H9ClN4O6/c19-9-1-3-10(4-2-9)20-21-17(24)11-5-7-13(22(26)27)16-14(23(28)29)8-6-12(15(11)16)18(21)25/h1-8,20H. The zero-order valence-electron chi connectivity index (χ0n) is 14.3. The van der Waals surface area contributed by atoms with Crippen LogP contribution in [-0.4, -0.2) is 26.7 Å². The van der Waals surface area contributed by atoms with Gasteiger partial charge in [0, 0.05) is 22.5 Å². The molecule has 0 spiro atoms. The third kappa shape index (κ3) is 2.82. The van der Waals surface area contributed by atoms with Crippen molar-refractivity contribution in [2.75, 3.05) is 5.43 Å². The molecule has 3 aromatic rings. The second kappa shape index (κ2) is 6.53. The highest BCUT2D eigenvalue weighted by Gasteiger charge is 2.38. The van der Waals surface area contributed by atoms with E-state index in [9.17, 15) is 29.8 Å². The van der Waals surface area contributed by atoms with Gasteiger partial charge in [0.25, 0.3) is 23.2 Å². The minimum Gasteiger partial charge on any atom is -0.288 e. The van der Waals surface area contributed by atoms with Gasteiger partial charge in [-0.05, 0) is 36.4 Å². The van der Waals surface area contributed by atoms with E-state index >= 15 is 0 Å². The van der Waals surface area contributed by atoms with Crippen LogP contribution in [0.1, 0.15) is 20.7 Å². The summed E-state index contributed by atoms with van der Waals surface area (Å²) in [7, 11) is 0. The lowest BCUT2D eigenvalue weighted by atomic mass is 9.92. The maximum atomic E-state index is 12.9. The number of hydrogen-bond donors (Lipinski definition) is 1. The quantitative estimate of drug-likeness (QED) is 0.389. The van der Waals surface area contributed by atoms with Crippen molar-refractivity contribution in [3.05, 3.63) is 84.9 Å². The number of imide groups is 1. The van der Waals surface area contributed by atoms with Gasteiger partial charge >= 0.3 is 0 Å². The molecule has 0 saturated heterocycles. The number of hydrogen-bond acceptors (Lipinski definition) is 7. The number of nitrogens with one attached hydrogen (secondary N) is 1. The number of rotatable bonds is 4. The topological polar surface area (TPSA) is 136 Å². The third-order valence-corrected chi connectivity index (χ3v) is 4.71. The van der Waals surface area contributed by atoms with Crippen LogP contribution in [0.5, 0.6) is 0 Å². The van der Waals surface area contributed by atoms with E-state index in [-0.39, 0.29) is 21.9 Å². The van der Waals surface area contributed by atoms with Crippen molar-refractivity contribution in [3.8, 4) is 0 Å². The molecule has 0 radical (unpaired) electrons. The van der Waals surface area contributed by atoms with Gasteiger partial charge in [-0.2, -0.15) is 5.01 Å². The lowest BCUT2D eigenvalue weighted by Crippen LogP contribution is -2.44. The second-order valence-corrected chi connectivity index (χ2v) is 6.53. The molecule has 1 N–H and O–H groups in total. The Labute approximate surface area is 166 Å². The SMILES string of the molecule is O=C1c2ccc([N+](=O)[O-])c3c([N+](=O)[O-])ccc(c23)C(=O)N1Nc1ccc(Cl)cc1. The number of carbonyl (C=O) groups is 2. The molecule has 1 aliphatic heterocycles. The molecule has 1 aliphatic rings. The largest absolute Gasteiger partial charge is 0.288 e. The summed E-state index contributed by atoms with van der Waals surface area (Å²) in [6, 6.07) is 10.6. The van der Waals surface area contributed by atoms with Crippen LogP contribution in [-0.2, 0) is 0 Å². The zero-order chi connectivity index (χ0) is 20.9. The van der Waals surface area contributed by atoms with Crippen LogP contribution in [0.2, 0.25) is 5.02 Å². The molecule has 3 aromatic carbocycles. The predicted octanol–water partition coefficient (Wildman–Crippen LogP) is 3.93. The smallest absolute Gasteiger partial charge is 0.284 e. The first-order chi connectivity index (χ1) is 13.8. The number of halogens is 1. The summed E-state index contributed by atoms with van der Waals surface area (Å²) in [5.41, 5.74) is 1.83. The minimum atomic E-state index is -0.794. The predicted molar refractivity (Wildman–Crippen MR) is 103 cm³/mol. The summed E-state index contributed by atoms with van der Waals surface area (Å²) >= 11 is 5.83. The molecule has 0 aliphatic carbocycles. The van der Waals surface area contributed by atoms with E-state index in [4.69, 9.17) is 11.6 Å². The Kier molecular flexibility index (Phi) is 4.13. The van der Waals surface area contributed by atoms with Crippen LogP contribution < -0.4 is 5.43 Å². The zero-order valence-corrected chi connectivity index (χ0v) is 15.0. The highest BCUT2D eigenvalue weighted by molar-refractivity contribution is 6.30. The Bertz CT molecular complexity index is 1170. The van der Waals surface area contributed by atoms with Gasteiger partial charge in [-0.15, -0.1) is 0 Å². The molecule has 29 heavy (non-hydrogen) atoms. The van der Waals surface area contributed by atoms with Gasteiger partial charge in [0.2, 0.25) is 0 Å². The van der Waals surface area contributed by atoms with Gasteiger partial charge in [-0.25, -0.2) is 0 Å². The molecule has 144 valence electrons. The number of non-ortho nitro benzene ring substituents is 2. The fraction of sp³-hybridized carbons (Fsp3) is 0. The number of nitro groups is 2. The number of carbonyl (C=O) groups excluding carboxylic acids is 2. The Hall–Kier alpha value is -4.05. The molecule has 4 rings (SSSR count). The summed E-state index contributed by atoms with van der Waals surface area (Å²) in [6.45, 7) is 0. The summed E-state index contributed by atoms with van der Waals surface area (Å²) in [6.07, 6.45) is 0. The Balaban J connectivity index is 1.93. The summed E-state index contributed by atoms with van der Waals surface area (Å²) in [5.74, 6) is -1.59. The van der Waals surface area contributed by atoms with E-state index in [1.54, 1.807) is 24.3 Å². The fourth-order valence-corrected chi connectivity index (χ4v) is 3.33. The number of nitro benzene ring substituents is 2. The van der Waals surface area contributed by atoms with E-state index in [2.05, 4.69) is 5.43 Å². The molecule has 10 nitrogen and oxygen atoms in total. The van der Waals surface area contributed by atoms with Gasteiger partial charge in [0.1, 0.15) is 5.39 Å². The van der Waals surface area contributed by atoms with Gasteiger partial charge in [0.05, 0.1) is 26.7 Å². The molecule has 11 heteroatoms. The average Bonchev–Trinajstić information content (AvgIpc) is 2.69. The first kappa shape index (κ1) is 18.3. The van der Waals surface area contributed by atoms with E-state index in [0.29, 0.717) is 10.7 Å². The van der Waals surface area contributed by atoms with Crippen LogP contribution in [0.15, 0.2) is 48.5 Å². The van der Waals surface area contributed by atoms with Crippen molar-refractivity contribution in [3.63, 3.8) is 0 Å². The third-order valence-electron chi connectivity index (χ3n) is 4.46. The van der Waals surface area contributed by atoms with Crippen LogP contribution in [0, 0.1) is 20.2 Å². The summed E-state index contributed by atoms with van der Waals surface area (Å²) in [4.78, 5) is 47.1. The van der Waals surface area contributed by atoms with Crippen molar-refractivity contribution in [1.82, 2.24) is 5.01 Å². The molecular weight excluding hydrogens is 404 g/mol. The average molecular weight is 413 g/mol. The lowest BCUT2D eigenvalue weighted by molar-refractivity contribution is -0.390. The minimum absolute atomic E-state index is 0.0645. The normalized spacial score (nSPS) is 12.9. The highest BCUT2D eigenvalue weighted by atomic mass is 35.5. The van der Waals surface area contributed by atoms with Crippen molar-refractivity contribution in [2.24, 2.45) is 0 Å². The summed E-state index contributed by atoms with van der Waals surface area (Å²) in [5, 5.41) is 23.5. The van der Waals surface area contributed by atoms with Gasteiger partial charge in [-0.3, -0.25) is 35.2 Å². The molecule has 1 heterocycles. The Morgan fingerprint density at radius 2 is 1.24 bits per heavy atom. The monoisotopic (exact) mass is 412 g/mol. The summed E-state index contributed by atoms with van der Waals surface area (Å²) < 4.78 is 0. The van der Waals surface area contributed by atoms with Crippen molar-refractivity contribution in [2.45, 2.75) is 0 Å². The number of anilines is 1. The van der Waals surface area contributed by atoms with Crippen molar-refractivity contribution in [1.29, 1.82) is 0 Å². The molecule has 0 bridgehead atoms. The number of hydrazine groups is 1. The van der Waals surface area contributed by atoms with E-state index in [0.717, 1.165) is 17.1 Å². The molecule has 0 unspecified atom stereocenters.